The van der Waals surface area contributed by atoms with Crippen LogP contribution in [0.25, 0.3) is 0 Å². The number of piperidine rings is 1. The van der Waals surface area contributed by atoms with E-state index >= 15 is 0 Å². The lowest BCUT2D eigenvalue weighted by Gasteiger charge is -2.41. The number of carbonyl (C=O) groups is 1. The van der Waals surface area contributed by atoms with Crippen molar-refractivity contribution in [2.75, 3.05) is 18.4 Å². The highest BCUT2D eigenvalue weighted by Crippen LogP contribution is 2.38. The van der Waals surface area contributed by atoms with Crippen molar-refractivity contribution in [3.8, 4) is 0 Å². The lowest BCUT2D eigenvalue weighted by atomic mass is 9.86. The number of nitrogens with zero attached hydrogens (tertiary/aromatic N) is 3. The van der Waals surface area contributed by atoms with Gasteiger partial charge in [0.1, 0.15) is 11.9 Å². The first-order chi connectivity index (χ1) is 11.5. The Morgan fingerprint density at radius 2 is 2.17 bits per heavy atom. The number of rotatable bonds is 3. The highest BCUT2D eigenvalue weighted by Gasteiger charge is 2.40. The van der Waals surface area contributed by atoms with Gasteiger partial charge in [-0.15, -0.1) is 0 Å². The van der Waals surface area contributed by atoms with E-state index in [4.69, 9.17) is 0 Å². The summed E-state index contributed by atoms with van der Waals surface area (Å²) in [6.45, 7) is 3.32. The Kier molecular flexibility index (Phi) is 3.96. The summed E-state index contributed by atoms with van der Waals surface area (Å²) in [5, 5.41) is 7.62. The Labute approximate surface area is 140 Å². The van der Waals surface area contributed by atoms with E-state index < -0.39 is 12.5 Å². The molecule has 1 N–H and O–H groups in total. The average Bonchev–Trinajstić information content (AvgIpc) is 3.34. The summed E-state index contributed by atoms with van der Waals surface area (Å²) in [5.41, 5.74) is 0.748. The summed E-state index contributed by atoms with van der Waals surface area (Å²) in [7, 11) is 0. The first kappa shape index (κ1) is 15.8. The number of hydrogen-bond donors (Lipinski definition) is 1. The van der Waals surface area contributed by atoms with E-state index in [1.54, 1.807) is 0 Å². The van der Waals surface area contributed by atoms with Crippen LogP contribution in [0.4, 0.5) is 14.6 Å². The van der Waals surface area contributed by atoms with Gasteiger partial charge in [0, 0.05) is 31.1 Å². The van der Waals surface area contributed by atoms with E-state index in [-0.39, 0.29) is 23.8 Å². The van der Waals surface area contributed by atoms with Crippen LogP contribution < -0.4 is 5.32 Å². The topological polar surface area (TPSA) is 50.2 Å². The molecule has 7 heteroatoms. The van der Waals surface area contributed by atoms with Crippen molar-refractivity contribution in [3.63, 3.8) is 0 Å². The summed E-state index contributed by atoms with van der Waals surface area (Å²) in [5.74, 6) is 1.40. The number of aryl methyl sites for hydroxylation is 1. The zero-order valence-electron chi connectivity index (χ0n) is 13.9. The zero-order chi connectivity index (χ0) is 16.8. The first-order valence-electron chi connectivity index (χ1n) is 8.92. The van der Waals surface area contributed by atoms with Crippen molar-refractivity contribution >= 4 is 11.7 Å². The normalized spacial score (nSPS) is 30.2. The molecule has 1 saturated heterocycles. The molecule has 1 aromatic rings. The van der Waals surface area contributed by atoms with Crippen molar-refractivity contribution in [1.29, 1.82) is 0 Å². The number of carbonyl (C=O) groups excluding carboxylic acids is 1. The lowest BCUT2D eigenvalue weighted by molar-refractivity contribution is -0.134. The minimum Gasteiger partial charge on any atom is -0.367 e. The van der Waals surface area contributed by atoms with Crippen LogP contribution in [0.15, 0.2) is 6.07 Å². The maximum absolute atomic E-state index is 13.5. The summed E-state index contributed by atoms with van der Waals surface area (Å²) in [6.07, 6.45) is 1.89. The third-order valence-corrected chi connectivity index (χ3v) is 5.56. The molecule has 0 aromatic carbocycles. The standard InChI is InChI=1S/C17H24F2N4O/c1-10-7-15-20-13(8-14(16(18)19)23(15)21-10)12-3-2-6-22(9-12)17(24)11-4-5-11/h7,11-14,16,20H,2-6,8-9H2,1H3/t12?,13-,14+/m0/s1. The second kappa shape index (κ2) is 6.01. The van der Waals surface area contributed by atoms with Gasteiger partial charge < -0.3 is 10.2 Å². The summed E-state index contributed by atoms with van der Waals surface area (Å²) >= 11 is 0. The van der Waals surface area contributed by atoms with E-state index in [0.717, 1.165) is 37.9 Å². The molecule has 132 valence electrons. The Hall–Kier alpha value is -1.66. The van der Waals surface area contributed by atoms with Crippen molar-refractivity contribution in [2.24, 2.45) is 11.8 Å². The Morgan fingerprint density at radius 1 is 1.38 bits per heavy atom. The zero-order valence-corrected chi connectivity index (χ0v) is 13.9. The minimum atomic E-state index is -2.43. The predicted molar refractivity (Wildman–Crippen MR) is 86.1 cm³/mol. The van der Waals surface area contributed by atoms with Gasteiger partial charge in [0.15, 0.2) is 0 Å². The molecule has 0 bridgehead atoms. The van der Waals surface area contributed by atoms with Gasteiger partial charge in [-0.25, -0.2) is 13.5 Å². The molecule has 2 aliphatic heterocycles. The van der Waals surface area contributed by atoms with Gasteiger partial charge in [-0.3, -0.25) is 4.79 Å². The summed E-state index contributed by atoms with van der Waals surface area (Å²) < 4.78 is 28.5. The molecule has 1 unspecified atom stereocenters. The van der Waals surface area contributed by atoms with Gasteiger partial charge in [-0.2, -0.15) is 5.10 Å². The number of anilines is 1. The van der Waals surface area contributed by atoms with Crippen molar-refractivity contribution in [2.45, 2.75) is 57.5 Å². The van der Waals surface area contributed by atoms with Gasteiger partial charge in [0.25, 0.3) is 6.43 Å². The number of alkyl halides is 2. The molecule has 24 heavy (non-hydrogen) atoms. The predicted octanol–water partition coefficient (Wildman–Crippen LogP) is 2.83. The first-order valence-corrected chi connectivity index (χ1v) is 8.92. The molecule has 1 amide bonds. The smallest absolute Gasteiger partial charge is 0.260 e. The van der Waals surface area contributed by atoms with Crippen LogP contribution in [0.1, 0.15) is 43.8 Å². The molecule has 2 fully saturated rings. The molecule has 5 nitrogen and oxygen atoms in total. The molecule has 0 radical (unpaired) electrons. The fourth-order valence-corrected chi connectivity index (χ4v) is 4.13. The SMILES string of the molecule is Cc1cc2n(n1)[C@@H](C(F)F)C[C@@H](C1CCCN(C(=O)C3CC3)C1)N2. The van der Waals surface area contributed by atoms with Gasteiger partial charge in [-0.1, -0.05) is 0 Å². The van der Waals surface area contributed by atoms with E-state index in [2.05, 4.69) is 10.4 Å². The molecule has 1 aliphatic carbocycles. The summed E-state index contributed by atoms with van der Waals surface area (Å²) in [6, 6.07) is 0.925. The minimum absolute atomic E-state index is 0.0256. The third kappa shape index (κ3) is 2.89. The van der Waals surface area contributed by atoms with Gasteiger partial charge >= 0.3 is 0 Å². The second-order valence-electron chi connectivity index (χ2n) is 7.46. The molecule has 3 aliphatic rings. The number of amides is 1. The lowest BCUT2D eigenvalue weighted by Crippen LogP contribution is -2.48. The second-order valence-corrected chi connectivity index (χ2v) is 7.46. The van der Waals surface area contributed by atoms with E-state index in [1.807, 2.05) is 17.9 Å². The molecule has 3 atom stereocenters. The molecule has 1 saturated carbocycles. The van der Waals surface area contributed by atoms with Crippen molar-refractivity contribution < 1.29 is 13.6 Å². The van der Waals surface area contributed by atoms with Crippen LogP contribution in [0, 0.1) is 18.8 Å². The fraction of sp³-hybridized carbons (Fsp3) is 0.765. The van der Waals surface area contributed by atoms with Gasteiger partial charge in [0.05, 0.1) is 5.69 Å². The number of aromatic nitrogens is 2. The number of halogens is 2. The maximum atomic E-state index is 13.5. The van der Waals surface area contributed by atoms with Crippen LogP contribution in [-0.2, 0) is 4.79 Å². The third-order valence-electron chi connectivity index (χ3n) is 5.56. The Bertz CT molecular complexity index is 628. The fourth-order valence-electron chi connectivity index (χ4n) is 4.13. The van der Waals surface area contributed by atoms with Crippen molar-refractivity contribution in [3.05, 3.63) is 11.8 Å². The van der Waals surface area contributed by atoms with Gasteiger partial charge in [0.2, 0.25) is 5.91 Å². The number of likely N-dealkylation sites (tertiary alicyclic amines) is 1. The van der Waals surface area contributed by atoms with Crippen LogP contribution in [0.5, 0.6) is 0 Å². The molecule has 1 aromatic heterocycles. The quantitative estimate of drug-likeness (QED) is 0.922. The van der Waals surface area contributed by atoms with Crippen LogP contribution >= 0.6 is 0 Å². The van der Waals surface area contributed by atoms with Crippen LogP contribution in [0.2, 0.25) is 0 Å². The molecular formula is C17H24F2N4O. The molecular weight excluding hydrogens is 314 g/mol. The van der Waals surface area contributed by atoms with E-state index in [9.17, 15) is 13.6 Å². The number of hydrogen-bond acceptors (Lipinski definition) is 3. The van der Waals surface area contributed by atoms with Crippen LogP contribution in [-0.4, -0.2) is 46.1 Å². The van der Waals surface area contributed by atoms with E-state index in [0.29, 0.717) is 18.8 Å². The monoisotopic (exact) mass is 338 g/mol. The average molecular weight is 338 g/mol. The Morgan fingerprint density at radius 3 is 2.88 bits per heavy atom. The van der Waals surface area contributed by atoms with E-state index in [1.165, 1.54) is 4.68 Å². The molecule has 3 heterocycles. The highest BCUT2D eigenvalue weighted by atomic mass is 19.3. The molecule has 0 spiro atoms. The highest BCUT2D eigenvalue weighted by molar-refractivity contribution is 5.81. The van der Waals surface area contributed by atoms with Crippen molar-refractivity contribution in [1.82, 2.24) is 14.7 Å². The maximum Gasteiger partial charge on any atom is 0.260 e. The number of fused-ring (bicyclic) bond motifs is 1. The summed E-state index contributed by atoms with van der Waals surface area (Å²) in [4.78, 5) is 14.3. The van der Waals surface area contributed by atoms with Gasteiger partial charge in [-0.05, 0) is 44.9 Å². The Balaban J connectivity index is 1.50. The largest absolute Gasteiger partial charge is 0.367 e. The molecule has 4 rings (SSSR count). The number of nitrogens with one attached hydrogen (secondary N) is 1. The van der Waals surface area contributed by atoms with Crippen LogP contribution in [0.3, 0.4) is 0 Å².